The fourth-order valence-corrected chi connectivity index (χ4v) is 2.80. The second-order valence-electron chi connectivity index (χ2n) is 5.27. The quantitative estimate of drug-likeness (QED) is 0.629. The van der Waals surface area contributed by atoms with Gasteiger partial charge in [-0.3, -0.25) is 9.59 Å². The molecule has 1 aliphatic heterocycles. The zero-order valence-corrected chi connectivity index (χ0v) is 13.7. The van der Waals surface area contributed by atoms with Gasteiger partial charge >= 0.3 is 0 Å². The summed E-state index contributed by atoms with van der Waals surface area (Å²) >= 11 is 3.35. The van der Waals surface area contributed by atoms with Crippen LogP contribution in [0.4, 0.5) is 5.69 Å². The minimum atomic E-state index is 0.0227. The third-order valence-electron chi connectivity index (χ3n) is 3.60. The molecule has 0 aromatic heterocycles. The van der Waals surface area contributed by atoms with E-state index in [4.69, 9.17) is 0 Å². The number of hydrogen-bond donors (Lipinski definition) is 1. The number of rotatable bonds is 6. The van der Waals surface area contributed by atoms with E-state index in [0.29, 0.717) is 12.0 Å². The van der Waals surface area contributed by atoms with Crippen molar-refractivity contribution < 1.29 is 9.59 Å². The van der Waals surface area contributed by atoms with Crippen molar-refractivity contribution in [1.29, 1.82) is 0 Å². The lowest BCUT2D eigenvalue weighted by molar-refractivity contribution is -0.116. The number of anilines is 1. The summed E-state index contributed by atoms with van der Waals surface area (Å²) < 4.78 is 0. The summed E-state index contributed by atoms with van der Waals surface area (Å²) in [6.07, 6.45) is 4.59. The summed E-state index contributed by atoms with van der Waals surface area (Å²) in [5.41, 5.74) is 1.44. The Morgan fingerprint density at radius 2 is 1.76 bits per heavy atom. The second kappa shape index (κ2) is 8.17. The maximum Gasteiger partial charge on any atom is 0.253 e. The van der Waals surface area contributed by atoms with E-state index in [0.717, 1.165) is 49.8 Å². The van der Waals surface area contributed by atoms with Gasteiger partial charge in [0.1, 0.15) is 0 Å². The van der Waals surface area contributed by atoms with Crippen LogP contribution in [-0.2, 0) is 4.79 Å². The predicted molar refractivity (Wildman–Crippen MR) is 87.9 cm³/mol. The molecule has 4 nitrogen and oxygen atoms in total. The molecule has 0 unspecified atom stereocenters. The molecule has 0 radical (unpaired) electrons. The van der Waals surface area contributed by atoms with E-state index in [-0.39, 0.29) is 11.8 Å². The molecule has 0 saturated carbocycles. The molecule has 1 saturated heterocycles. The van der Waals surface area contributed by atoms with Gasteiger partial charge in [-0.2, -0.15) is 0 Å². The molecule has 5 heteroatoms. The topological polar surface area (TPSA) is 49.4 Å². The van der Waals surface area contributed by atoms with Gasteiger partial charge in [-0.25, -0.2) is 0 Å². The summed E-state index contributed by atoms with van der Waals surface area (Å²) in [5.74, 6) is 0.109. The van der Waals surface area contributed by atoms with E-state index in [9.17, 15) is 9.59 Å². The SMILES string of the molecule is O=C(CCCCBr)Nc1ccc(C(=O)N2CCCC2)cc1. The first-order chi connectivity index (χ1) is 10.2. The molecule has 1 aromatic carbocycles. The normalized spacial score (nSPS) is 14.2. The number of nitrogens with one attached hydrogen (secondary N) is 1. The van der Waals surface area contributed by atoms with Gasteiger partial charge in [-0.15, -0.1) is 0 Å². The molecule has 0 atom stereocenters. The molecule has 0 bridgehead atoms. The Bertz CT molecular complexity index is 482. The van der Waals surface area contributed by atoms with Crippen LogP contribution >= 0.6 is 15.9 Å². The Kier molecular flexibility index (Phi) is 6.23. The number of nitrogens with zero attached hydrogens (tertiary/aromatic N) is 1. The van der Waals surface area contributed by atoms with Crippen LogP contribution in [0, 0.1) is 0 Å². The van der Waals surface area contributed by atoms with Crippen molar-refractivity contribution in [3.63, 3.8) is 0 Å². The molecule has 21 heavy (non-hydrogen) atoms. The molecule has 1 fully saturated rings. The Morgan fingerprint density at radius 1 is 1.10 bits per heavy atom. The number of benzene rings is 1. The molecule has 1 heterocycles. The van der Waals surface area contributed by atoms with Gasteiger partial charge in [0.2, 0.25) is 5.91 Å². The zero-order chi connectivity index (χ0) is 15.1. The van der Waals surface area contributed by atoms with Crippen LogP contribution in [0.1, 0.15) is 42.5 Å². The summed E-state index contributed by atoms with van der Waals surface area (Å²) in [7, 11) is 0. The van der Waals surface area contributed by atoms with Crippen LogP contribution < -0.4 is 5.32 Å². The molecular weight excluding hydrogens is 332 g/mol. The number of carbonyl (C=O) groups excluding carboxylic acids is 2. The highest BCUT2D eigenvalue weighted by molar-refractivity contribution is 9.09. The summed E-state index contributed by atoms with van der Waals surface area (Å²) in [6.45, 7) is 1.70. The minimum absolute atomic E-state index is 0.0227. The van der Waals surface area contributed by atoms with Crippen LogP contribution in [0.3, 0.4) is 0 Å². The molecule has 2 rings (SSSR count). The van der Waals surface area contributed by atoms with Crippen molar-refractivity contribution in [2.45, 2.75) is 32.1 Å². The van der Waals surface area contributed by atoms with Gasteiger partial charge in [0.05, 0.1) is 0 Å². The van der Waals surface area contributed by atoms with E-state index in [1.165, 1.54) is 0 Å². The lowest BCUT2D eigenvalue weighted by atomic mass is 10.1. The van der Waals surface area contributed by atoms with E-state index in [2.05, 4.69) is 21.2 Å². The van der Waals surface area contributed by atoms with Crippen molar-refractivity contribution in [2.24, 2.45) is 0 Å². The summed E-state index contributed by atoms with van der Waals surface area (Å²) in [6, 6.07) is 7.17. The number of amides is 2. The molecule has 0 aliphatic carbocycles. The maximum absolute atomic E-state index is 12.2. The maximum atomic E-state index is 12.2. The molecule has 114 valence electrons. The largest absolute Gasteiger partial charge is 0.339 e. The van der Waals surface area contributed by atoms with Gasteiger partial charge in [0.25, 0.3) is 5.91 Å². The molecular formula is C16H21BrN2O2. The van der Waals surface area contributed by atoms with Crippen molar-refractivity contribution >= 4 is 33.4 Å². The predicted octanol–water partition coefficient (Wildman–Crippen LogP) is 3.43. The van der Waals surface area contributed by atoms with E-state index in [1.807, 2.05) is 4.90 Å². The molecule has 1 N–H and O–H groups in total. The molecule has 1 aliphatic rings. The van der Waals surface area contributed by atoms with Crippen LogP contribution in [-0.4, -0.2) is 35.1 Å². The van der Waals surface area contributed by atoms with Crippen molar-refractivity contribution in [2.75, 3.05) is 23.7 Å². The molecule has 1 aromatic rings. The monoisotopic (exact) mass is 352 g/mol. The first-order valence-corrected chi connectivity index (χ1v) is 8.58. The average molecular weight is 353 g/mol. The van der Waals surface area contributed by atoms with Crippen molar-refractivity contribution in [3.8, 4) is 0 Å². The summed E-state index contributed by atoms with van der Waals surface area (Å²) in [4.78, 5) is 25.8. The van der Waals surface area contributed by atoms with Gasteiger partial charge in [0.15, 0.2) is 0 Å². The Morgan fingerprint density at radius 3 is 2.38 bits per heavy atom. The number of alkyl halides is 1. The summed E-state index contributed by atoms with van der Waals surface area (Å²) in [5, 5.41) is 3.78. The van der Waals surface area contributed by atoms with Crippen LogP contribution in [0.5, 0.6) is 0 Å². The van der Waals surface area contributed by atoms with E-state index < -0.39 is 0 Å². The number of likely N-dealkylation sites (tertiary alicyclic amines) is 1. The molecule has 0 spiro atoms. The van der Waals surface area contributed by atoms with Gasteiger partial charge in [-0.1, -0.05) is 15.9 Å². The fourth-order valence-electron chi connectivity index (χ4n) is 2.40. The third kappa shape index (κ3) is 4.84. The number of hydrogen-bond acceptors (Lipinski definition) is 2. The van der Waals surface area contributed by atoms with Gasteiger partial charge in [-0.05, 0) is 49.9 Å². The van der Waals surface area contributed by atoms with E-state index in [1.54, 1.807) is 24.3 Å². The fraction of sp³-hybridized carbons (Fsp3) is 0.500. The highest BCUT2D eigenvalue weighted by atomic mass is 79.9. The number of unbranched alkanes of at least 4 members (excludes halogenated alkanes) is 1. The van der Waals surface area contributed by atoms with Gasteiger partial charge < -0.3 is 10.2 Å². The average Bonchev–Trinajstić information content (AvgIpc) is 3.02. The second-order valence-corrected chi connectivity index (χ2v) is 6.06. The number of carbonyl (C=O) groups is 2. The first kappa shape index (κ1) is 16.0. The smallest absolute Gasteiger partial charge is 0.253 e. The molecule has 2 amide bonds. The third-order valence-corrected chi connectivity index (χ3v) is 4.16. The standard InChI is InChI=1S/C16H21BrN2O2/c17-10-2-1-5-15(20)18-14-8-6-13(7-9-14)16(21)19-11-3-4-12-19/h6-9H,1-5,10-12H2,(H,18,20). The lowest BCUT2D eigenvalue weighted by Gasteiger charge is -2.15. The Hall–Kier alpha value is -1.36. The Balaban J connectivity index is 1.86. The first-order valence-electron chi connectivity index (χ1n) is 7.46. The highest BCUT2D eigenvalue weighted by Crippen LogP contribution is 2.15. The van der Waals surface area contributed by atoms with E-state index >= 15 is 0 Å². The van der Waals surface area contributed by atoms with Crippen LogP contribution in [0.25, 0.3) is 0 Å². The minimum Gasteiger partial charge on any atom is -0.339 e. The van der Waals surface area contributed by atoms with Crippen LogP contribution in [0.15, 0.2) is 24.3 Å². The Labute approximate surface area is 134 Å². The number of halogens is 1. The van der Waals surface area contributed by atoms with Crippen molar-refractivity contribution in [3.05, 3.63) is 29.8 Å². The lowest BCUT2D eigenvalue weighted by Crippen LogP contribution is -2.27. The van der Waals surface area contributed by atoms with Crippen LogP contribution in [0.2, 0.25) is 0 Å². The zero-order valence-electron chi connectivity index (χ0n) is 12.1. The highest BCUT2D eigenvalue weighted by Gasteiger charge is 2.19. The van der Waals surface area contributed by atoms with Crippen molar-refractivity contribution in [1.82, 2.24) is 4.90 Å². The van der Waals surface area contributed by atoms with Gasteiger partial charge in [0, 0.05) is 36.1 Å².